The molecule has 3 heteroatoms. The lowest BCUT2D eigenvalue weighted by molar-refractivity contribution is 0.111. The van der Waals surface area contributed by atoms with Crippen molar-refractivity contribution in [3.05, 3.63) is 29.6 Å². The van der Waals surface area contributed by atoms with Crippen LogP contribution in [0.15, 0.2) is 23.1 Å². The normalized spacial score (nSPS) is 24.6. The number of halogens is 1. The van der Waals surface area contributed by atoms with Crippen molar-refractivity contribution in [2.24, 2.45) is 5.92 Å². The fraction of sp³-hybridized carbons (Fsp3) is 0.500. The van der Waals surface area contributed by atoms with Crippen molar-refractivity contribution in [1.29, 1.82) is 0 Å². The van der Waals surface area contributed by atoms with E-state index in [-0.39, 0.29) is 5.56 Å². The van der Waals surface area contributed by atoms with Gasteiger partial charge in [-0.2, -0.15) is 0 Å². The molecule has 1 aliphatic rings. The molecule has 0 saturated heterocycles. The van der Waals surface area contributed by atoms with Gasteiger partial charge in [0.05, 0.1) is 5.56 Å². The molecule has 1 aliphatic carbocycles. The highest BCUT2D eigenvalue weighted by molar-refractivity contribution is 8.00. The van der Waals surface area contributed by atoms with E-state index in [0.717, 1.165) is 10.8 Å². The monoisotopic (exact) mass is 252 g/mol. The predicted octanol–water partition coefficient (Wildman–Crippen LogP) is 4.31. The molecular formula is C14H17FOS. The molecule has 1 aromatic rings. The Balaban J connectivity index is 2.12. The Bertz CT molecular complexity index is 405. The van der Waals surface area contributed by atoms with Gasteiger partial charge in [0.15, 0.2) is 6.29 Å². The molecule has 92 valence electrons. The average molecular weight is 252 g/mol. The van der Waals surface area contributed by atoms with Gasteiger partial charge in [-0.25, -0.2) is 4.39 Å². The molecule has 2 rings (SSSR count). The number of benzene rings is 1. The lowest BCUT2D eigenvalue weighted by Gasteiger charge is -2.26. The Morgan fingerprint density at radius 1 is 1.41 bits per heavy atom. The number of hydrogen-bond acceptors (Lipinski definition) is 2. The van der Waals surface area contributed by atoms with Crippen LogP contribution in [0, 0.1) is 11.7 Å². The van der Waals surface area contributed by atoms with Crippen LogP contribution >= 0.6 is 11.8 Å². The summed E-state index contributed by atoms with van der Waals surface area (Å²) in [5.41, 5.74) is 0.218. The van der Waals surface area contributed by atoms with Crippen LogP contribution in [0.2, 0.25) is 0 Å². The summed E-state index contributed by atoms with van der Waals surface area (Å²) in [6.07, 6.45) is 5.50. The first-order valence-corrected chi connectivity index (χ1v) is 6.99. The fourth-order valence-corrected chi connectivity index (χ4v) is 3.90. The number of carbonyl (C=O) groups excluding carboxylic acids is 1. The van der Waals surface area contributed by atoms with E-state index in [1.807, 2.05) is 6.07 Å². The van der Waals surface area contributed by atoms with Crippen LogP contribution in [0.25, 0.3) is 0 Å². The highest BCUT2D eigenvalue weighted by Gasteiger charge is 2.21. The molecule has 1 nitrogen and oxygen atoms in total. The molecule has 0 spiro atoms. The van der Waals surface area contributed by atoms with E-state index in [4.69, 9.17) is 0 Å². The lowest BCUT2D eigenvalue weighted by Crippen LogP contribution is -2.15. The molecule has 2 unspecified atom stereocenters. The van der Waals surface area contributed by atoms with Crippen LogP contribution in [-0.2, 0) is 0 Å². The number of thioether (sulfide) groups is 1. The maximum atomic E-state index is 13.4. The van der Waals surface area contributed by atoms with E-state index < -0.39 is 5.82 Å². The Labute approximate surface area is 106 Å². The van der Waals surface area contributed by atoms with Crippen molar-refractivity contribution in [3.63, 3.8) is 0 Å². The van der Waals surface area contributed by atoms with Gasteiger partial charge in [-0.3, -0.25) is 4.79 Å². The second-order valence-electron chi connectivity index (χ2n) is 4.78. The zero-order valence-corrected chi connectivity index (χ0v) is 10.8. The molecule has 1 fully saturated rings. The Morgan fingerprint density at radius 3 is 2.94 bits per heavy atom. The van der Waals surface area contributed by atoms with Crippen molar-refractivity contribution < 1.29 is 9.18 Å². The minimum absolute atomic E-state index is 0.218. The average Bonchev–Trinajstić information content (AvgIpc) is 2.29. The van der Waals surface area contributed by atoms with Crippen molar-refractivity contribution >= 4 is 18.0 Å². The van der Waals surface area contributed by atoms with Crippen LogP contribution < -0.4 is 0 Å². The van der Waals surface area contributed by atoms with Gasteiger partial charge in [0.2, 0.25) is 0 Å². The molecule has 0 aliphatic heterocycles. The Hall–Kier alpha value is -0.830. The third kappa shape index (κ3) is 3.09. The summed E-state index contributed by atoms with van der Waals surface area (Å²) in [5.74, 6) is 0.336. The Kier molecular flexibility index (Phi) is 4.21. The van der Waals surface area contributed by atoms with Gasteiger partial charge in [-0.05, 0) is 30.9 Å². The fourth-order valence-electron chi connectivity index (χ4n) is 2.40. The zero-order valence-electron chi connectivity index (χ0n) is 9.99. The molecule has 0 radical (unpaired) electrons. The van der Waals surface area contributed by atoms with E-state index in [9.17, 15) is 9.18 Å². The van der Waals surface area contributed by atoms with Gasteiger partial charge in [-0.1, -0.05) is 25.8 Å². The number of rotatable bonds is 3. The molecule has 0 heterocycles. The maximum Gasteiger partial charge on any atom is 0.154 e. The van der Waals surface area contributed by atoms with E-state index in [1.165, 1.54) is 31.7 Å². The topological polar surface area (TPSA) is 17.1 Å². The van der Waals surface area contributed by atoms with E-state index in [2.05, 4.69) is 6.92 Å². The standard InChI is InChI=1S/C14H17FOS/c1-10-4-2-5-11(8-10)17-14-7-3-6-13(15)12(14)9-16/h3,6-7,9-11H,2,4-5,8H2,1H3. The number of hydrogen-bond donors (Lipinski definition) is 0. The van der Waals surface area contributed by atoms with E-state index in [0.29, 0.717) is 11.5 Å². The molecule has 0 N–H and O–H groups in total. The summed E-state index contributed by atoms with van der Waals surface area (Å²) < 4.78 is 13.4. The molecule has 1 aromatic carbocycles. The third-order valence-corrected chi connectivity index (χ3v) is 4.68. The predicted molar refractivity (Wildman–Crippen MR) is 69.1 cm³/mol. The molecular weight excluding hydrogens is 235 g/mol. The summed E-state index contributed by atoms with van der Waals surface area (Å²) in [6.45, 7) is 2.26. The highest BCUT2D eigenvalue weighted by Crippen LogP contribution is 2.37. The number of carbonyl (C=O) groups is 1. The highest BCUT2D eigenvalue weighted by atomic mass is 32.2. The minimum atomic E-state index is -0.408. The van der Waals surface area contributed by atoms with Crippen LogP contribution in [-0.4, -0.2) is 11.5 Å². The van der Waals surface area contributed by atoms with Gasteiger partial charge in [-0.15, -0.1) is 11.8 Å². The van der Waals surface area contributed by atoms with Crippen LogP contribution in [0.5, 0.6) is 0 Å². The van der Waals surface area contributed by atoms with Crippen molar-refractivity contribution in [2.75, 3.05) is 0 Å². The first kappa shape index (κ1) is 12.6. The molecule has 1 saturated carbocycles. The summed E-state index contributed by atoms with van der Waals surface area (Å²) in [5, 5.41) is 0.527. The first-order valence-electron chi connectivity index (χ1n) is 6.11. The van der Waals surface area contributed by atoms with Crippen molar-refractivity contribution in [1.82, 2.24) is 0 Å². The van der Waals surface area contributed by atoms with E-state index >= 15 is 0 Å². The van der Waals surface area contributed by atoms with Gasteiger partial charge in [0.1, 0.15) is 5.82 Å². The summed E-state index contributed by atoms with van der Waals surface area (Å²) in [4.78, 5) is 11.7. The van der Waals surface area contributed by atoms with Gasteiger partial charge < -0.3 is 0 Å². The maximum absolute atomic E-state index is 13.4. The largest absolute Gasteiger partial charge is 0.298 e. The Morgan fingerprint density at radius 2 is 2.24 bits per heavy atom. The minimum Gasteiger partial charge on any atom is -0.298 e. The smallest absolute Gasteiger partial charge is 0.154 e. The molecule has 0 aromatic heterocycles. The number of aldehydes is 1. The second kappa shape index (κ2) is 5.67. The van der Waals surface area contributed by atoms with Crippen LogP contribution in [0.4, 0.5) is 4.39 Å². The summed E-state index contributed by atoms with van der Waals surface area (Å²) in [6, 6.07) is 4.87. The first-order chi connectivity index (χ1) is 8.20. The molecule has 17 heavy (non-hydrogen) atoms. The summed E-state index contributed by atoms with van der Waals surface area (Å²) in [7, 11) is 0. The van der Waals surface area contributed by atoms with Crippen LogP contribution in [0.1, 0.15) is 43.0 Å². The zero-order chi connectivity index (χ0) is 12.3. The SMILES string of the molecule is CC1CCCC(Sc2cccc(F)c2C=O)C1. The van der Waals surface area contributed by atoms with E-state index in [1.54, 1.807) is 17.8 Å². The van der Waals surface area contributed by atoms with Gasteiger partial charge >= 0.3 is 0 Å². The molecule has 0 amide bonds. The van der Waals surface area contributed by atoms with Crippen molar-refractivity contribution in [2.45, 2.75) is 42.8 Å². The molecule has 2 atom stereocenters. The van der Waals surface area contributed by atoms with Gasteiger partial charge in [0.25, 0.3) is 0 Å². The van der Waals surface area contributed by atoms with Crippen LogP contribution in [0.3, 0.4) is 0 Å². The lowest BCUT2D eigenvalue weighted by atomic mass is 9.91. The quantitative estimate of drug-likeness (QED) is 0.746. The third-order valence-electron chi connectivity index (χ3n) is 3.31. The van der Waals surface area contributed by atoms with Crippen molar-refractivity contribution in [3.8, 4) is 0 Å². The summed E-state index contributed by atoms with van der Waals surface area (Å²) >= 11 is 1.66. The van der Waals surface area contributed by atoms with Gasteiger partial charge in [0, 0.05) is 10.1 Å². The molecule has 0 bridgehead atoms. The second-order valence-corrected chi connectivity index (χ2v) is 6.12.